The first-order valence-corrected chi connectivity index (χ1v) is 6.52. The van der Waals surface area contributed by atoms with Gasteiger partial charge in [0.15, 0.2) is 0 Å². The van der Waals surface area contributed by atoms with Gasteiger partial charge in [0.05, 0.1) is 30.0 Å². The van der Waals surface area contributed by atoms with Gasteiger partial charge in [-0.25, -0.2) is 0 Å². The molecule has 7 nitrogen and oxygen atoms in total. The molecule has 20 heavy (non-hydrogen) atoms. The SMILES string of the molecule is O=C1CN(c2cc3c(cc2Br)C(=O)C(=O)N3)CC(=O)N1. The number of rotatable bonds is 1. The zero-order chi connectivity index (χ0) is 14.4. The van der Waals surface area contributed by atoms with Crippen molar-refractivity contribution in [3.05, 3.63) is 22.2 Å². The van der Waals surface area contributed by atoms with E-state index in [0.717, 1.165) is 0 Å². The van der Waals surface area contributed by atoms with Gasteiger partial charge in [0.25, 0.3) is 11.7 Å². The monoisotopic (exact) mass is 337 g/mol. The molecule has 0 bridgehead atoms. The molecule has 1 aromatic rings. The molecule has 1 saturated heterocycles. The molecular weight excluding hydrogens is 330 g/mol. The first-order chi connectivity index (χ1) is 9.45. The number of fused-ring (bicyclic) bond motifs is 1. The van der Waals surface area contributed by atoms with Crippen LogP contribution in [0, 0.1) is 0 Å². The third-order valence-corrected chi connectivity index (χ3v) is 3.71. The number of ketones is 1. The van der Waals surface area contributed by atoms with Crippen molar-refractivity contribution in [3.8, 4) is 0 Å². The van der Waals surface area contributed by atoms with E-state index in [1.165, 1.54) is 6.07 Å². The van der Waals surface area contributed by atoms with Gasteiger partial charge in [-0.05, 0) is 28.1 Å². The number of piperazine rings is 1. The molecule has 0 aliphatic carbocycles. The zero-order valence-electron chi connectivity index (χ0n) is 10.0. The first kappa shape index (κ1) is 12.8. The van der Waals surface area contributed by atoms with Gasteiger partial charge < -0.3 is 10.2 Å². The largest absolute Gasteiger partial charge is 0.352 e. The van der Waals surface area contributed by atoms with Crippen LogP contribution in [0.15, 0.2) is 16.6 Å². The molecule has 1 fully saturated rings. The average molecular weight is 338 g/mol. The van der Waals surface area contributed by atoms with Crippen LogP contribution in [0.1, 0.15) is 10.4 Å². The molecule has 0 aromatic heterocycles. The summed E-state index contributed by atoms with van der Waals surface area (Å²) < 4.78 is 0.545. The fourth-order valence-electron chi connectivity index (χ4n) is 2.20. The number of imide groups is 1. The first-order valence-electron chi connectivity index (χ1n) is 5.72. The Bertz CT molecular complexity index is 670. The molecule has 0 radical (unpaired) electrons. The second-order valence-corrected chi connectivity index (χ2v) is 5.31. The Morgan fingerprint density at radius 1 is 1.00 bits per heavy atom. The highest BCUT2D eigenvalue weighted by molar-refractivity contribution is 9.10. The van der Waals surface area contributed by atoms with E-state index in [1.807, 2.05) is 0 Å². The number of hydrogen-bond acceptors (Lipinski definition) is 5. The van der Waals surface area contributed by atoms with Crippen molar-refractivity contribution in [2.45, 2.75) is 0 Å². The standard InChI is InChI=1S/C12H8BrN3O4/c13-6-1-5-7(14-12(20)11(5)19)2-8(6)16-3-9(17)15-10(18)4-16/h1-2H,3-4H2,(H,14,19,20)(H,15,17,18). The number of amides is 3. The van der Waals surface area contributed by atoms with Gasteiger partial charge in [-0.1, -0.05) is 0 Å². The number of carbonyl (C=O) groups excluding carboxylic acids is 4. The maximum absolute atomic E-state index is 11.6. The fourth-order valence-corrected chi connectivity index (χ4v) is 2.80. The number of nitrogens with one attached hydrogen (secondary N) is 2. The topological polar surface area (TPSA) is 95.6 Å². The molecule has 102 valence electrons. The summed E-state index contributed by atoms with van der Waals surface area (Å²) in [5.41, 5.74) is 1.23. The summed E-state index contributed by atoms with van der Waals surface area (Å²) >= 11 is 3.30. The molecular formula is C12H8BrN3O4. The fraction of sp³-hybridized carbons (Fsp3) is 0.167. The second-order valence-electron chi connectivity index (χ2n) is 4.46. The predicted molar refractivity (Wildman–Crippen MR) is 72.5 cm³/mol. The van der Waals surface area contributed by atoms with E-state index in [4.69, 9.17) is 0 Å². The molecule has 2 aliphatic heterocycles. The van der Waals surface area contributed by atoms with Gasteiger partial charge in [-0.2, -0.15) is 0 Å². The molecule has 2 aliphatic rings. The lowest BCUT2D eigenvalue weighted by Gasteiger charge is -2.28. The number of halogens is 1. The molecule has 0 spiro atoms. The Morgan fingerprint density at radius 3 is 2.30 bits per heavy atom. The highest BCUT2D eigenvalue weighted by atomic mass is 79.9. The minimum Gasteiger partial charge on any atom is -0.352 e. The molecule has 3 rings (SSSR count). The molecule has 0 unspecified atom stereocenters. The lowest BCUT2D eigenvalue weighted by Crippen LogP contribution is -2.51. The van der Waals surface area contributed by atoms with E-state index in [2.05, 4.69) is 26.6 Å². The van der Waals surface area contributed by atoms with Crippen molar-refractivity contribution in [3.63, 3.8) is 0 Å². The maximum Gasteiger partial charge on any atom is 0.296 e. The Morgan fingerprint density at radius 2 is 1.65 bits per heavy atom. The number of anilines is 2. The van der Waals surface area contributed by atoms with E-state index >= 15 is 0 Å². The van der Waals surface area contributed by atoms with E-state index < -0.39 is 23.5 Å². The molecule has 0 atom stereocenters. The van der Waals surface area contributed by atoms with Crippen LogP contribution in [-0.4, -0.2) is 36.6 Å². The number of carbonyl (C=O) groups is 4. The van der Waals surface area contributed by atoms with E-state index in [1.54, 1.807) is 11.0 Å². The van der Waals surface area contributed by atoms with Crippen LogP contribution in [0.2, 0.25) is 0 Å². The van der Waals surface area contributed by atoms with Gasteiger partial charge in [0, 0.05) is 4.47 Å². The molecule has 1 aromatic carbocycles. The van der Waals surface area contributed by atoms with Crippen LogP contribution in [-0.2, 0) is 14.4 Å². The summed E-state index contributed by atoms with van der Waals surface area (Å²) in [4.78, 5) is 47.3. The summed E-state index contributed by atoms with van der Waals surface area (Å²) in [6, 6.07) is 3.09. The van der Waals surface area contributed by atoms with Gasteiger partial charge in [0.2, 0.25) is 11.8 Å². The quantitative estimate of drug-likeness (QED) is 0.557. The van der Waals surface area contributed by atoms with Crippen LogP contribution in [0.5, 0.6) is 0 Å². The van der Waals surface area contributed by atoms with Crippen LogP contribution in [0.25, 0.3) is 0 Å². The summed E-state index contributed by atoms with van der Waals surface area (Å²) in [7, 11) is 0. The van der Waals surface area contributed by atoms with Gasteiger partial charge in [0.1, 0.15) is 0 Å². The predicted octanol–water partition coefficient (Wildman–Crippen LogP) is 0.0467. The highest BCUT2D eigenvalue weighted by Crippen LogP contribution is 2.35. The van der Waals surface area contributed by atoms with Crippen molar-refractivity contribution in [2.75, 3.05) is 23.3 Å². The Kier molecular flexibility index (Phi) is 2.82. The third-order valence-electron chi connectivity index (χ3n) is 3.07. The second kappa shape index (κ2) is 4.41. The highest BCUT2D eigenvalue weighted by Gasteiger charge is 2.31. The van der Waals surface area contributed by atoms with Crippen molar-refractivity contribution in [1.29, 1.82) is 0 Å². The third kappa shape index (κ3) is 1.97. The van der Waals surface area contributed by atoms with Crippen molar-refractivity contribution >= 4 is 50.8 Å². The van der Waals surface area contributed by atoms with Crippen LogP contribution in [0.4, 0.5) is 11.4 Å². The lowest BCUT2D eigenvalue weighted by molar-refractivity contribution is -0.130. The summed E-state index contributed by atoms with van der Waals surface area (Å²) in [6.07, 6.45) is 0. The number of nitrogens with zero attached hydrogens (tertiary/aromatic N) is 1. The molecule has 2 N–H and O–H groups in total. The number of Topliss-reactive ketones (excluding diaryl/α,β-unsaturated/α-hetero) is 1. The summed E-state index contributed by atoms with van der Waals surface area (Å²) in [6.45, 7) is 0.0655. The summed E-state index contributed by atoms with van der Waals surface area (Å²) in [5.74, 6) is -2.07. The van der Waals surface area contributed by atoms with E-state index in [0.29, 0.717) is 15.8 Å². The zero-order valence-corrected chi connectivity index (χ0v) is 11.6. The van der Waals surface area contributed by atoms with E-state index in [-0.39, 0.29) is 18.7 Å². The lowest BCUT2D eigenvalue weighted by atomic mass is 10.1. The van der Waals surface area contributed by atoms with Crippen LogP contribution in [0.3, 0.4) is 0 Å². The smallest absolute Gasteiger partial charge is 0.296 e. The summed E-state index contributed by atoms with van der Waals surface area (Å²) in [5, 5.41) is 4.66. The van der Waals surface area contributed by atoms with Crippen molar-refractivity contribution in [1.82, 2.24) is 5.32 Å². The Labute approximate surface area is 121 Å². The molecule has 0 saturated carbocycles. The van der Waals surface area contributed by atoms with Crippen molar-refractivity contribution < 1.29 is 19.2 Å². The number of benzene rings is 1. The normalized spacial score (nSPS) is 17.9. The van der Waals surface area contributed by atoms with Crippen LogP contribution < -0.4 is 15.5 Å². The Balaban J connectivity index is 2.02. The van der Waals surface area contributed by atoms with E-state index in [9.17, 15) is 19.2 Å². The van der Waals surface area contributed by atoms with Crippen molar-refractivity contribution in [2.24, 2.45) is 0 Å². The maximum atomic E-state index is 11.6. The van der Waals surface area contributed by atoms with Gasteiger partial charge in [-0.3, -0.25) is 24.5 Å². The van der Waals surface area contributed by atoms with Gasteiger partial charge in [-0.15, -0.1) is 0 Å². The minimum absolute atomic E-state index is 0.0328. The minimum atomic E-state index is -0.684. The Hall–Kier alpha value is -2.22. The molecule has 2 heterocycles. The van der Waals surface area contributed by atoms with Gasteiger partial charge >= 0.3 is 0 Å². The molecule has 8 heteroatoms. The van der Waals surface area contributed by atoms with Crippen LogP contribution >= 0.6 is 15.9 Å². The molecule has 3 amide bonds. The average Bonchev–Trinajstić information content (AvgIpc) is 2.63. The number of hydrogen-bond donors (Lipinski definition) is 2.